The highest BCUT2D eigenvalue weighted by Gasteiger charge is 2.28. The van der Waals surface area contributed by atoms with E-state index in [0.29, 0.717) is 0 Å². The molecular formula is C16H31N3O2. The minimum absolute atomic E-state index is 0.0778. The van der Waals surface area contributed by atoms with Crippen LogP contribution in [0.2, 0.25) is 0 Å². The zero-order valence-electron chi connectivity index (χ0n) is 13.6. The Morgan fingerprint density at radius 1 is 1.33 bits per heavy atom. The molecule has 1 heterocycles. The fraction of sp³-hybridized carbons (Fsp3) is 0.938. The molecular weight excluding hydrogens is 266 g/mol. The summed E-state index contributed by atoms with van der Waals surface area (Å²) in [6.45, 7) is 2.62. The second kappa shape index (κ2) is 8.71. The minimum atomic E-state index is -0.0778. The van der Waals surface area contributed by atoms with Crippen molar-refractivity contribution in [1.29, 1.82) is 0 Å². The zero-order chi connectivity index (χ0) is 15.1. The Morgan fingerprint density at radius 3 is 2.76 bits per heavy atom. The van der Waals surface area contributed by atoms with Crippen LogP contribution in [0.15, 0.2) is 0 Å². The van der Waals surface area contributed by atoms with Crippen LogP contribution in [0.25, 0.3) is 0 Å². The average molecular weight is 297 g/mol. The Balaban J connectivity index is 1.55. The van der Waals surface area contributed by atoms with E-state index in [2.05, 4.69) is 22.6 Å². The van der Waals surface area contributed by atoms with Crippen LogP contribution in [0.1, 0.15) is 44.9 Å². The number of carbonyl (C=O) groups excluding carboxylic acids is 1. The van der Waals surface area contributed by atoms with Gasteiger partial charge in [0.2, 0.25) is 5.91 Å². The van der Waals surface area contributed by atoms with E-state index in [4.69, 9.17) is 4.74 Å². The molecule has 0 radical (unpaired) electrons. The zero-order valence-corrected chi connectivity index (χ0v) is 13.6. The second-order valence-corrected chi connectivity index (χ2v) is 6.47. The molecule has 2 atom stereocenters. The lowest BCUT2D eigenvalue weighted by Crippen LogP contribution is -2.41. The van der Waals surface area contributed by atoms with Crippen LogP contribution >= 0.6 is 0 Å². The standard InChI is InChI=1S/C16H31N3O2/c1-19(13-7-4-3-5-8-13)10-6-9-17-16(20)15-11-14(21-2)12-18-15/h13-15,18H,3-12H2,1-2H3,(H,17,20). The van der Waals surface area contributed by atoms with Crippen molar-refractivity contribution < 1.29 is 9.53 Å². The summed E-state index contributed by atoms with van der Waals surface area (Å²) in [4.78, 5) is 14.5. The average Bonchev–Trinajstić information content (AvgIpc) is 3.01. The highest BCUT2D eigenvalue weighted by atomic mass is 16.5. The number of rotatable bonds is 7. The molecule has 2 rings (SSSR count). The van der Waals surface area contributed by atoms with Gasteiger partial charge < -0.3 is 20.3 Å². The first-order valence-corrected chi connectivity index (χ1v) is 8.45. The van der Waals surface area contributed by atoms with Crippen LogP contribution in [0, 0.1) is 0 Å². The van der Waals surface area contributed by atoms with Crippen molar-refractivity contribution >= 4 is 5.91 Å². The third kappa shape index (κ3) is 5.24. The van der Waals surface area contributed by atoms with Gasteiger partial charge in [-0.25, -0.2) is 0 Å². The molecule has 1 amide bonds. The van der Waals surface area contributed by atoms with E-state index in [-0.39, 0.29) is 18.1 Å². The van der Waals surface area contributed by atoms with Crippen LogP contribution < -0.4 is 10.6 Å². The quantitative estimate of drug-likeness (QED) is 0.692. The van der Waals surface area contributed by atoms with Crippen LogP contribution in [0.3, 0.4) is 0 Å². The molecule has 122 valence electrons. The first kappa shape index (κ1) is 16.7. The van der Waals surface area contributed by atoms with E-state index in [1.165, 1.54) is 32.1 Å². The van der Waals surface area contributed by atoms with Crippen molar-refractivity contribution in [3.05, 3.63) is 0 Å². The number of nitrogens with zero attached hydrogens (tertiary/aromatic N) is 1. The minimum Gasteiger partial charge on any atom is -0.380 e. The van der Waals surface area contributed by atoms with Gasteiger partial charge in [0.1, 0.15) is 0 Å². The predicted molar refractivity (Wildman–Crippen MR) is 84.3 cm³/mol. The molecule has 2 unspecified atom stereocenters. The van der Waals surface area contributed by atoms with E-state index >= 15 is 0 Å². The fourth-order valence-electron chi connectivity index (χ4n) is 3.45. The molecule has 1 saturated carbocycles. The van der Waals surface area contributed by atoms with Crippen LogP contribution in [-0.4, -0.2) is 62.8 Å². The topological polar surface area (TPSA) is 53.6 Å². The van der Waals surface area contributed by atoms with Gasteiger partial charge in [-0.1, -0.05) is 19.3 Å². The summed E-state index contributed by atoms with van der Waals surface area (Å²) in [6.07, 6.45) is 8.82. The maximum absolute atomic E-state index is 12.0. The molecule has 0 bridgehead atoms. The Hall–Kier alpha value is -0.650. The Bertz CT molecular complexity index is 319. The van der Waals surface area contributed by atoms with E-state index in [0.717, 1.165) is 38.5 Å². The van der Waals surface area contributed by atoms with Crippen LogP contribution in [0.5, 0.6) is 0 Å². The van der Waals surface area contributed by atoms with E-state index in [1.807, 2.05) is 0 Å². The molecule has 21 heavy (non-hydrogen) atoms. The van der Waals surface area contributed by atoms with Crippen molar-refractivity contribution in [2.24, 2.45) is 0 Å². The normalized spacial score (nSPS) is 27.2. The molecule has 5 nitrogen and oxygen atoms in total. The van der Waals surface area contributed by atoms with Gasteiger partial charge in [-0.15, -0.1) is 0 Å². The molecule has 1 saturated heterocycles. The summed E-state index contributed by atoms with van der Waals surface area (Å²) in [5, 5.41) is 6.26. The fourth-order valence-corrected chi connectivity index (χ4v) is 3.45. The van der Waals surface area contributed by atoms with E-state index < -0.39 is 0 Å². The smallest absolute Gasteiger partial charge is 0.237 e. The maximum atomic E-state index is 12.0. The molecule has 1 aliphatic carbocycles. The number of ether oxygens (including phenoxy) is 1. The Morgan fingerprint density at radius 2 is 2.10 bits per heavy atom. The van der Waals surface area contributed by atoms with Gasteiger partial charge in [-0.05, 0) is 39.3 Å². The number of carbonyl (C=O) groups is 1. The third-order valence-corrected chi connectivity index (χ3v) is 4.93. The number of methoxy groups -OCH3 is 1. The Labute approximate surface area is 128 Å². The molecule has 5 heteroatoms. The van der Waals surface area contributed by atoms with Gasteiger partial charge in [0.15, 0.2) is 0 Å². The SMILES string of the molecule is COC1CNC(C(=O)NCCCN(C)C2CCCCC2)C1. The predicted octanol–water partition coefficient (Wildman–Crippen LogP) is 1.13. The lowest BCUT2D eigenvalue weighted by molar-refractivity contribution is -0.122. The van der Waals surface area contributed by atoms with Crippen LogP contribution in [-0.2, 0) is 9.53 Å². The third-order valence-electron chi connectivity index (χ3n) is 4.93. The van der Waals surface area contributed by atoms with Gasteiger partial charge >= 0.3 is 0 Å². The van der Waals surface area contributed by atoms with E-state index in [9.17, 15) is 4.79 Å². The molecule has 0 spiro atoms. The summed E-state index contributed by atoms with van der Waals surface area (Å²) >= 11 is 0. The number of hydrogen-bond acceptors (Lipinski definition) is 4. The van der Waals surface area contributed by atoms with Gasteiger partial charge in [0, 0.05) is 26.2 Å². The van der Waals surface area contributed by atoms with Crippen molar-refractivity contribution in [2.75, 3.05) is 33.8 Å². The summed E-state index contributed by atoms with van der Waals surface area (Å²) in [7, 11) is 3.92. The van der Waals surface area contributed by atoms with E-state index in [1.54, 1.807) is 7.11 Å². The first-order valence-electron chi connectivity index (χ1n) is 8.45. The molecule has 0 aromatic carbocycles. The van der Waals surface area contributed by atoms with Crippen LogP contribution in [0.4, 0.5) is 0 Å². The molecule has 0 aromatic heterocycles. The second-order valence-electron chi connectivity index (χ2n) is 6.47. The summed E-state index contributed by atoms with van der Waals surface area (Å²) in [5.74, 6) is 0.120. The highest BCUT2D eigenvalue weighted by molar-refractivity contribution is 5.82. The highest BCUT2D eigenvalue weighted by Crippen LogP contribution is 2.21. The van der Waals surface area contributed by atoms with Crippen molar-refractivity contribution in [3.8, 4) is 0 Å². The molecule has 0 aromatic rings. The Kier molecular flexibility index (Phi) is 6.93. The molecule has 2 N–H and O–H groups in total. The summed E-state index contributed by atoms with van der Waals surface area (Å²) in [5.41, 5.74) is 0. The van der Waals surface area contributed by atoms with Gasteiger partial charge in [-0.3, -0.25) is 4.79 Å². The van der Waals surface area contributed by atoms with Gasteiger partial charge in [-0.2, -0.15) is 0 Å². The largest absolute Gasteiger partial charge is 0.380 e. The lowest BCUT2D eigenvalue weighted by atomic mass is 9.94. The van der Waals surface area contributed by atoms with Crippen molar-refractivity contribution in [2.45, 2.75) is 63.1 Å². The lowest BCUT2D eigenvalue weighted by Gasteiger charge is -2.31. The molecule has 1 aliphatic heterocycles. The summed E-state index contributed by atoms with van der Waals surface area (Å²) in [6, 6.07) is 0.680. The number of nitrogens with one attached hydrogen (secondary N) is 2. The maximum Gasteiger partial charge on any atom is 0.237 e. The molecule has 2 aliphatic rings. The van der Waals surface area contributed by atoms with Gasteiger partial charge in [0.05, 0.1) is 12.1 Å². The number of amides is 1. The number of hydrogen-bond donors (Lipinski definition) is 2. The van der Waals surface area contributed by atoms with Crippen molar-refractivity contribution in [1.82, 2.24) is 15.5 Å². The van der Waals surface area contributed by atoms with Gasteiger partial charge in [0.25, 0.3) is 0 Å². The molecule has 2 fully saturated rings. The first-order chi connectivity index (χ1) is 10.2. The van der Waals surface area contributed by atoms with Crippen molar-refractivity contribution in [3.63, 3.8) is 0 Å². The monoisotopic (exact) mass is 297 g/mol. The summed E-state index contributed by atoms with van der Waals surface area (Å²) < 4.78 is 5.27.